The number of carbonyl (C=O) groups excluding carboxylic acids is 2. The van der Waals surface area contributed by atoms with Gasteiger partial charge in [0.2, 0.25) is 17.7 Å². The van der Waals surface area contributed by atoms with Crippen LogP contribution < -0.4 is 24.2 Å². The summed E-state index contributed by atoms with van der Waals surface area (Å²) in [5.74, 6) is -0.268. The molecular formula is C16H19N5O6S. The summed E-state index contributed by atoms with van der Waals surface area (Å²) in [6.07, 6.45) is 0.196. The fourth-order valence-electron chi connectivity index (χ4n) is 2.09. The van der Waals surface area contributed by atoms with Crippen LogP contribution in [0.4, 0.5) is 16.4 Å². The van der Waals surface area contributed by atoms with Gasteiger partial charge in [0.05, 0.1) is 26.0 Å². The first-order valence-electron chi connectivity index (χ1n) is 7.98. The molecule has 28 heavy (non-hydrogen) atoms. The van der Waals surface area contributed by atoms with E-state index in [4.69, 9.17) is 9.47 Å². The monoisotopic (exact) mass is 409 g/mol. The molecule has 2 amide bonds. The Kier molecular flexibility index (Phi) is 6.71. The Hall–Kier alpha value is -3.41. The Morgan fingerprint density at radius 1 is 1.07 bits per heavy atom. The molecule has 0 saturated heterocycles. The van der Waals surface area contributed by atoms with Crippen LogP contribution in [-0.2, 0) is 10.2 Å². The van der Waals surface area contributed by atoms with E-state index in [1.807, 2.05) is 0 Å². The molecule has 0 aliphatic carbocycles. The van der Waals surface area contributed by atoms with Gasteiger partial charge in [-0.2, -0.15) is 18.4 Å². The summed E-state index contributed by atoms with van der Waals surface area (Å²) in [5, 5.41) is 2.16. The fraction of sp³-hybridized carbons (Fsp3) is 0.250. The first-order chi connectivity index (χ1) is 13.3. The summed E-state index contributed by atoms with van der Waals surface area (Å²) in [5.41, 5.74) is 0.241. The predicted octanol–water partition coefficient (Wildman–Crippen LogP) is 1.56. The molecule has 12 heteroatoms. The van der Waals surface area contributed by atoms with Gasteiger partial charge in [0.25, 0.3) is 0 Å². The minimum atomic E-state index is -4.33. The third kappa shape index (κ3) is 5.54. The first kappa shape index (κ1) is 20.9. The van der Waals surface area contributed by atoms with Crippen LogP contribution in [0.15, 0.2) is 30.3 Å². The molecule has 1 heterocycles. The molecule has 0 fully saturated rings. The molecule has 0 spiro atoms. The number of urea groups is 1. The Morgan fingerprint density at radius 2 is 1.68 bits per heavy atom. The minimum Gasteiger partial charge on any atom is -0.481 e. The average molecular weight is 409 g/mol. The number of anilines is 2. The molecule has 0 saturated carbocycles. The summed E-state index contributed by atoms with van der Waals surface area (Å²) < 4.78 is 38.2. The van der Waals surface area contributed by atoms with Gasteiger partial charge in [-0.05, 0) is 12.1 Å². The molecule has 3 N–H and O–H groups in total. The van der Waals surface area contributed by atoms with Crippen molar-refractivity contribution in [1.82, 2.24) is 14.7 Å². The SMILES string of the molecule is CCC(=O)c1ccccc1NS(=O)(=O)NC(=O)Nc1nc(OC)cc(OC)n1. The third-order valence-corrected chi connectivity index (χ3v) is 4.29. The maximum absolute atomic E-state index is 12.2. The summed E-state index contributed by atoms with van der Waals surface area (Å²) in [6.45, 7) is 1.65. The van der Waals surface area contributed by atoms with E-state index in [0.717, 1.165) is 0 Å². The van der Waals surface area contributed by atoms with Crippen molar-refractivity contribution in [1.29, 1.82) is 0 Å². The maximum atomic E-state index is 12.2. The van der Waals surface area contributed by atoms with E-state index in [1.165, 1.54) is 32.4 Å². The first-order valence-corrected chi connectivity index (χ1v) is 9.47. The van der Waals surface area contributed by atoms with E-state index in [-0.39, 0.29) is 41.2 Å². The number of methoxy groups -OCH3 is 2. The number of ether oxygens (including phenoxy) is 2. The van der Waals surface area contributed by atoms with Gasteiger partial charge in [0, 0.05) is 12.0 Å². The molecule has 0 aliphatic heterocycles. The Bertz CT molecular complexity index is 957. The van der Waals surface area contributed by atoms with E-state index >= 15 is 0 Å². The smallest absolute Gasteiger partial charge is 0.336 e. The number of Topliss-reactive ketones (excluding diaryl/α,β-unsaturated/α-hetero) is 1. The summed E-state index contributed by atoms with van der Waals surface area (Å²) in [4.78, 5) is 31.7. The number of aromatic nitrogens is 2. The Labute approximate surface area is 161 Å². The molecule has 0 atom stereocenters. The van der Waals surface area contributed by atoms with Crippen molar-refractivity contribution in [3.8, 4) is 11.8 Å². The number of rotatable bonds is 8. The van der Waals surface area contributed by atoms with E-state index < -0.39 is 16.2 Å². The Balaban J connectivity index is 2.13. The van der Waals surface area contributed by atoms with E-state index in [9.17, 15) is 18.0 Å². The van der Waals surface area contributed by atoms with Crippen LogP contribution >= 0.6 is 0 Å². The molecule has 2 aromatic rings. The molecule has 1 aromatic heterocycles. The van der Waals surface area contributed by atoms with E-state index in [1.54, 1.807) is 23.8 Å². The number of carbonyl (C=O) groups is 2. The molecule has 0 aliphatic rings. The molecule has 0 radical (unpaired) electrons. The lowest BCUT2D eigenvalue weighted by Crippen LogP contribution is -2.38. The highest BCUT2D eigenvalue weighted by molar-refractivity contribution is 7.91. The number of amides is 2. The van der Waals surface area contributed by atoms with Crippen molar-refractivity contribution >= 4 is 33.7 Å². The van der Waals surface area contributed by atoms with Crippen LogP contribution in [0.25, 0.3) is 0 Å². The summed E-state index contributed by atoms with van der Waals surface area (Å²) in [6, 6.07) is 6.32. The maximum Gasteiger partial charge on any atom is 0.336 e. The lowest BCUT2D eigenvalue weighted by molar-refractivity contribution is 0.0989. The number of hydrogen-bond donors (Lipinski definition) is 3. The van der Waals surface area contributed by atoms with Crippen molar-refractivity contribution in [2.75, 3.05) is 24.3 Å². The Morgan fingerprint density at radius 3 is 2.25 bits per heavy atom. The van der Waals surface area contributed by atoms with Crippen LogP contribution in [0.1, 0.15) is 23.7 Å². The van der Waals surface area contributed by atoms with Crippen LogP contribution in [0.2, 0.25) is 0 Å². The van der Waals surface area contributed by atoms with Gasteiger partial charge in [-0.25, -0.2) is 9.52 Å². The van der Waals surface area contributed by atoms with Crippen molar-refractivity contribution in [3.05, 3.63) is 35.9 Å². The average Bonchev–Trinajstić information content (AvgIpc) is 2.66. The molecule has 2 rings (SSSR count). The molecule has 150 valence electrons. The largest absolute Gasteiger partial charge is 0.481 e. The quantitative estimate of drug-likeness (QED) is 0.556. The molecule has 0 bridgehead atoms. The lowest BCUT2D eigenvalue weighted by Gasteiger charge is -2.13. The van der Waals surface area contributed by atoms with Gasteiger partial charge < -0.3 is 9.47 Å². The van der Waals surface area contributed by atoms with Crippen molar-refractivity contribution < 1.29 is 27.5 Å². The summed E-state index contributed by atoms with van der Waals surface area (Å²) in [7, 11) is -1.62. The molecule has 0 unspecified atom stereocenters. The van der Waals surface area contributed by atoms with E-state index in [0.29, 0.717) is 0 Å². The summed E-state index contributed by atoms with van der Waals surface area (Å²) >= 11 is 0. The minimum absolute atomic E-state index is 0.0500. The van der Waals surface area contributed by atoms with Crippen LogP contribution in [0, 0.1) is 0 Å². The molecule has 1 aromatic carbocycles. The van der Waals surface area contributed by atoms with E-state index in [2.05, 4.69) is 20.0 Å². The van der Waals surface area contributed by atoms with Gasteiger partial charge in [-0.3, -0.25) is 14.8 Å². The number of para-hydroxylation sites is 1. The zero-order chi connectivity index (χ0) is 20.7. The van der Waals surface area contributed by atoms with Gasteiger partial charge >= 0.3 is 16.2 Å². The second-order valence-electron chi connectivity index (χ2n) is 5.26. The molecule has 11 nitrogen and oxygen atoms in total. The zero-order valence-corrected chi connectivity index (χ0v) is 16.2. The van der Waals surface area contributed by atoms with Crippen molar-refractivity contribution in [2.24, 2.45) is 0 Å². The predicted molar refractivity (Wildman–Crippen MR) is 101 cm³/mol. The second kappa shape index (κ2) is 8.99. The second-order valence-corrected chi connectivity index (χ2v) is 6.68. The highest BCUT2D eigenvalue weighted by Crippen LogP contribution is 2.19. The topological polar surface area (TPSA) is 149 Å². The third-order valence-electron chi connectivity index (χ3n) is 3.34. The van der Waals surface area contributed by atoms with Gasteiger partial charge in [-0.15, -0.1) is 0 Å². The van der Waals surface area contributed by atoms with Crippen LogP contribution in [-0.4, -0.2) is 44.4 Å². The molecular weight excluding hydrogens is 390 g/mol. The highest BCUT2D eigenvalue weighted by atomic mass is 32.2. The standard InChI is InChI=1S/C16H19N5O6S/c1-4-12(22)10-7-5-6-8-11(10)20-28(24,25)21-16(23)19-15-17-13(26-2)9-14(18-15)27-3/h5-9,20H,4H2,1-3H3,(H2,17,18,19,21,23). The normalized spacial score (nSPS) is 10.7. The lowest BCUT2D eigenvalue weighted by atomic mass is 10.1. The number of benzene rings is 1. The number of nitrogens with zero attached hydrogens (tertiary/aromatic N) is 2. The number of hydrogen-bond acceptors (Lipinski definition) is 8. The van der Waals surface area contributed by atoms with Gasteiger partial charge in [0.15, 0.2) is 5.78 Å². The number of ketones is 1. The van der Waals surface area contributed by atoms with Crippen molar-refractivity contribution in [2.45, 2.75) is 13.3 Å². The zero-order valence-electron chi connectivity index (χ0n) is 15.3. The fourth-order valence-corrected chi connectivity index (χ4v) is 2.91. The van der Waals surface area contributed by atoms with Gasteiger partial charge in [0.1, 0.15) is 0 Å². The van der Waals surface area contributed by atoms with Gasteiger partial charge in [-0.1, -0.05) is 19.1 Å². The van der Waals surface area contributed by atoms with Crippen molar-refractivity contribution in [3.63, 3.8) is 0 Å². The van der Waals surface area contributed by atoms with Crippen LogP contribution in [0.5, 0.6) is 11.8 Å². The van der Waals surface area contributed by atoms with Crippen LogP contribution in [0.3, 0.4) is 0 Å². The number of nitrogens with one attached hydrogen (secondary N) is 3. The highest BCUT2D eigenvalue weighted by Gasteiger charge is 2.19.